The van der Waals surface area contributed by atoms with E-state index in [1.807, 2.05) is 6.92 Å². The first-order valence-corrected chi connectivity index (χ1v) is 7.61. The maximum absolute atomic E-state index is 12.9. The average Bonchev–Trinajstić information content (AvgIpc) is 2.43. The molecule has 0 atom stereocenters. The number of carbonyl (C=O) groups is 2. The van der Waals surface area contributed by atoms with E-state index in [9.17, 15) is 14.0 Å². The molecule has 1 aromatic carbocycles. The van der Waals surface area contributed by atoms with E-state index in [0.717, 1.165) is 6.42 Å². The van der Waals surface area contributed by atoms with Crippen LogP contribution in [0.15, 0.2) is 23.1 Å². The third-order valence-corrected chi connectivity index (χ3v) is 3.78. The number of nitrogens with zero attached hydrogens (tertiary/aromatic N) is 1. The van der Waals surface area contributed by atoms with Crippen LogP contribution >= 0.6 is 11.8 Å². The van der Waals surface area contributed by atoms with Gasteiger partial charge in [0.15, 0.2) is 0 Å². The summed E-state index contributed by atoms with van der Waals surface area (Å²) < 4.78 is 12.9. The Morgan fingerprint density at radius 3 is 2.76 bits per heavy atom. The van der Waals surface area contributed by atoms with Crippen LogP contribution in [0.3, 0.4) is 0 Å². The Morgan fingerprint density at radius 1 is 1.43 bits per heavy atom. The van der Waals surface area contributed by atoms with Gasteiger partial charge in [0, 0.05) is 24.2 Å². The number of hydrogen-bond donors (Lipinski definition) is 2. The van der Waals surface area contributed by atoms with Gasteiger partial charge in [-0.1, -0.05) is 6.92 Å². The van der Waals surface area contributed by atoms with Crippen LogP contribution in [0.25, 0.3) is 0 Å². The van der Waals surface area contributed by atoms with Gasteiger partial charge in [-0.25, -0.2) is 4.39 Å². The molecule has 0 fully saturated rings. The van der Waals surface area contributed by atoms with Crippen LogP contribution in [0.2, 0.25) is 0 Å². The summed E-state index contributed by atoms with van der Waals surface area (Å²) in [6.45, 7) is 2.58. The van der Waals surface area contributed by atoms with Crippen LogP contribution in [0.1, 0.15) is 13.3 Å². The highest BCUT2D eigenvalue weighted by Gasteiger charge is 2.13. The molecule has 3 N–H and O–H groups in total. The lowest BCUT2D eigenvalue weighted by molar-refractivity contribution is -0.132. The van der Waals surface area contributed by atoms with Crippen molar-refractivity contribution in [2.24, 2.45) is 0 Å². The number of likely N-dealkylation sites (N-methyl/N-ethyl adjacent to an activating group) is 1. The lowest BCUT2D eigenvalue weighted by Crippen LogP contribution is -2.39. The van der Waals surface area contributed by atoms with E-state index in [0.29, 0.717) is 17.1 Å². The van der Waals surface area contributed by atoms with E-state index >= 15 is 0 Å². The lowest BCUT2D eigenvalue weighted by Gasteiger charge is -2.16. The Morgan fingerprint density at radius 2 is 2.14 bits per heavy atom. The van der Waals surface area contributed by atoms with Gasteiger partial charge in [0.05, 0.1) is 12.3 Å². The zero-order valence-electron chi connectivity index (χ0n) is 12.2. The van der Waals surface area contributed by atoms with E-state index in [2.05, 4.69) is 5.32 Å². The van der Waals surface area contributed by atoms with Crippen molar-refractivity contribution in [2.75, 3.05) is 31.6 Å². The molecule has 0 spiro atoms. The van der Waals surface area contributed by atoms with E-state index in [1.54, 1.807) is 7.05 Å². The number of halogens is 1. The fraction of sp³-hybridized carbons (Fsp3) is 0.429. The smallest absolute Gasteiger partial charge is 0.239 e. The fourth-order valence-corrected chi connectivity index (χ4v) is 2.41. The molecule has 1 rings (SSSR count). The van der Waals surface area contributed by atoms with Crippen LogP contribution in [-0.4, -0.2) is 42.6 Å². The maximum atomic E-state index is 12.9. The Bertz CT molecular complexity index is 511. The predicted octanol–water partition coefficient (Wildman–Crippen LogP) is 1.48. The number of thioether (sulfide) groups is 1. The summed E-state index contributed by atoms with van der Waals surface area (Å²) in [6, 6.07) is 4.05. The highest BCUT2D eigenvalue weighted by molar-refractivity contribution is 8.00. The van der Waals surface area contributed by atoms with Gasteiger partial charge in [0.25, 0.3) is 0 Å². The first kappa shape index (κ1) is 17.3. The number of nitrogen functional groups attached to an aromatic ring is 1. The van der Waals surface area contributed by atoms with E-state index < -0.39 is 5.82 Å². The molecule has 0 bridgehead atoms. The molecule has 1 aromatic rings. The Labute approximate surface area is 128 Å². The Kier molecular flexibility index (Phi) is 7.01. The number of benzene rings is 1. The molecule has 7 heteroatoms. The van der Waals surface area contributed by atoms with Crippen molar-refractivity contribution in [1.29, 1.82) is 0 Å². The highest BCUT2D eigenvalue weighted by atomic mass is 32.2. The van der Waals surface area contributed by atoms with Gasteiger partial charge in [-0.15, -0.1) is 11.8 Å². The van der Waals surface area contributed by atoms with E-state index in [-0.39, 0.29) is 24.1 Å². The fourth-order valence-electron chi connectivity index (χ4n) is 1.52. The van der Waals surface area contributed by atoms with Gasteiger partial charge in [-0.2, -0.15) is 0 Å². The van der Waals surface area contributed by atoms with Crippen molar-refractivity contribution in [2.45, 2.75) is 18.2 Å². The van der Waals surface area contributed by atoms with Gasteiger partial charge < -0.3 is 16.0 Å². The van der Waals surface area contributed by atoms with Gasteiger partial charge >= 0.3 is 0 Å². The van der Waals surface area contributed by atoms with Crippen molar-refractivity contribution in [1.82, 2.24) is 10.2 Å². The molecule has 0 radical (unpaired) electrons. The minimum Gasteiger partial charge on any atom is -0.398 e. The number of nitrogens with one attached hydrogen (secondary N) is 1. The second-order valence-corrected chi connectivity index (χ2v) is 5.59. The number of nitrogens with two attached hydrogens (primary N) is 1. The van der Waals surface area contributed by atoms with E-state index in [1.165, 1.54) is 34.9 Å². The highest BCUT2D eigenvalue weighted by Crippen LogP contribution is 2.25. The van der Waals surface area contributed by atoms with Crippen molar-refractivity contribution < 1.29 is 14.0 Å². The van der Waals surface area contributed by atoms with Crippen molar-refractivity contribution in [3.63, 3.8) is 0 Å². The molecule has 0 aliphatic rings. The van der Waals surface area contributed by atoms with Crippen molar-refractivity contribution in [3.8, 4) is 0 Å². The van der Waals surface area contributed by atoms with Crippen LogP contribution in [0, 0.1) is 5.82 Å². The topological polar surface area (TPSA) is 75.4 Å². The molecule has 0 saturated carbocycles. The molecule has 0 heterocycles. The molecule has 0 aromatic heterocycles. The van der Waals surface area contributed by atoms with Crippen LogP contribution in [-0.2, 0) is 9.59 Å². The first-order valence-electron chi connectivity index (χ1n) is 6.62. The second kappa shape index (κ2) is 8.51. The minimum atomic E-state index is -0.409. The quantitative estimate of drug-likeness (QED) is 0.591. The lowest BCUT2D eigenvalue weighted by atomic mass is 10.3. The largest absolute Gasteiger partial charge is 0.398 e. The summed E-state index contributed by atoms with van der Waals surface area (Å²) in [4.78, 5) is 25.4. The number of rotatable bonds is 7. The number of anilines is 1. The zero-order valence-corrected chi connectivity index (χ0v) is 13.0. The normalized spacial score (nSPS) is 10.2. The Hall–Kier alpha value is -1.76. The molecule has 0 unspecified atom stereocenters. The molecule has 2 amide bonds. The van der Waals surface area contributed by atoms with Crippen molar-refractivity contribution >= 4 is 29.3 Å². The summed E-state index contributed by atoms with van der Waals surface area (Å²) in [7, 11) is 1.57. The summed E-state index contributed by atoms with van der Waals surface area (Å²) in [6.07, 6.45) is 0.850. The molecule has 0 aliphatic heterocycles. The molecular weight excluding hydrogens is 293 g/mol. The molecule has 116 valence electrons. The van der Waals surface area contributed by atoms with Crippen LogP contribution in [0.5, 0.6) is 0 Å². The summed E-state index contributed by atoms with van der Waals surface area (Å²) in [5.74, 6) is -0.629. The summed E-state index contributed by atoms with van der Waals surface area (Å²) in [5.41, 5.74) is 5.97. The number of carbonyl (C=O) groups excluding carboxylic acids is 2. The third kappa shape index (κ3) is 6.03. The number of amides is 2. The first-order chi connectivity index (χ1) is 9.93. The molecular formula is C14H20FN3O2S. The standard InChI is InChI=1S/C14H20FN3O2S/c1-3-6-17-13(19)8-18(2)14(20)9-21-12-5-4-10(15)7-11(12)16/h4-5,7H,3,6,8-9,16H2,1-2H3,(H,17,19). The predicted molar refractivity (Wildman–Crippen MR) is 82.5 cm³/mol. The Balaban J connectivity index is 2.43. The molecule has 0 saturated heterocycles. The maximum Gasteiger partial charge on any atom is 0.239 e. The van der Waals surface area contributed by atoms with Crippen LogP contribution in [0.4, 0.5) is 10.1 Å². The third-order valence-electron chi connectivity index (χ3n) is 2.70. The van der Waals surface area contributed by atoms with Gasteiger partial charge in [-0.05, 0) is 24.6 Å². The van der Waals surface area contributed by atoms with Crippen LogP contribution < -0.4 is 11.1 Å². The molecule has 0 aliphatic carbocycles. The average molecular weight is 313 g/mol. The van der Waals surface area contributed by atoms with Gasteiger partial charge in [0.2, 0.25) is 11.8 Å². The SMILES string of the molecule is CCCNC(=O)CN(C)C(=O)CSc1ccc(F)cc1N. The molecule has 21 heavy (non-hydrogen) atoms. The van der Waals surface area contributed by atoms with Gasteiger partial charge in [-0.3, -0.25) is 9.59 Å². The van der Waals surface area contributed by atoms with Gasteiger partial charge in [0.1, 0.15) is 5.82 Å². The molecule has 5 nitrogen and oxygen atoms in total. The van der Waals surface area contributed by atoms with Crippen molar-refractivity contribution in [3.05, 3.63) is 24.0 Å². The van der Waals surface area contributed by atoms with E-state index in [4.69, 9.17) is 5.73 Å². The summed E-state index contributed by atoms with van der Waals surface area (Å²) >= 11 is 1.22. The number of hydrogen-bond acceptors (Lipinski definition) is 4. The zero-order chi connectivity index (χ0) is 15.8. The summed E-state index contributed by atoms with van der Waals surface area (Å²) in [5, 5.41) is 2.71. The minimum absolute atomic E-state index is 0.0261. The second-order valence-electron chi connectivity index (χ2n) is 4.57. The monoisotopic (exact) mass is 313 g/mol.